The van der Waals surface area contributed by atoms with Crippen LogP contribution >= 0.6 is 0 Å². The van der Waals surface area contributed by atoms with E-state index in [9.17, 15) is 9.90 Å². The number of carbonyl (C=O) groups excluding carboxylic acids is 1. The summed E-state index contributed by atoms with van der Waals surface area (Å²) in [5, 5.41) is 9.70. The third-order valence-corrected chi connectivity index (χ3v) is 2.30. The van der Waals surface area contributed by atoms with Gasteiger partial charge in [-0.25, -0.2) is 10.7 Å². The number of phenols is 1. The van der Waals surface area contributed by atoms with Gasteiger partial charge in [0.15, 0.2) is 0 Å². The predicted molar refractivity (Wildman–Crippen MR) is 59.8 cm³/mol. The Labute approximate surface area is 98.8 Å². The molecule has 1 rings (SSSR count). The monoisotopic (exact) mass is 241 g/mol. The van der Waals surface area contributed by atoms with Gasteiger partial charge in [0.25, 0.3) is 0 Å². The second kappa shape index (κ2) is 6.07. The maximum atomic E-state index is 11.5. The molecule has 94 valence electrons. The molecule has 0 radical (unpaired) electrons. The van der Waals surface area contributed by atoms with Crippen LogP contribution in [0.15, 0.2) is 12.1 Å². The van der Waals surface area contributed by atoms with E-state index in [2.05, 4.69) is 9.57 Å². The maximum Gasteiger partial charge on any atom is 0.341 e. The van der Waals surface area contributed by atoms with Crippen LogP contribution in [0.2, 0.25) is 0 Å². The third kappa shape index (κ3) is 3.08. The second-order valence-electron chi connectivity index (χ2n) is 3.29. The van der Waals surface area contributed by atoms with Gasteiger partial charge in [-0.3, -0.25) is 0 Å². The summed E-state index contributed by atoms with van der Waals surface area (Å²) in [6, 6.07) is 2.86. The summed E-state index contributed by atoms with van der Waals surface area (Å²) >= 11 is 0. The number of aromatic hydroxyl groups is 1. The Morgan fingerprint density at radius 2 is 2.12 bits per heavy atom. The Kier molecular flexibility index (Phi) is 4.74. The summed E-state index contributed by atoms with van der Waals surface area (Å²) in [7, 11) is 2.68. The molecule has 0 amide bonds. The van der Waals surface area contributed by atoms with Crippen molar-refractivity contribution >= 4 is 5.97 Å². The van der Waals surface area contributed by atoms with Crippen molar-refractivity contribution in [1.29, 1.82) is 0 Å². The lowest BCUT2D eigenvalue weighted by atomic mass is 10.1. The summed E-state index contributed by atoms with van der Waals surface area (Å²) in [5.74, 6) is 4.65. The zero-order valence-electron chi connectivity index (χ0n) is 9.73. The second-order valence-corrected chi connectivity index (χ2v) is 3.29. The molecule has 0 spiro atoms. The molecule has 0 aliphatic rings. The lowest BCUT2D eigenvalue weighted by Crippen LogP contribution is -2.07. The topological polar surface area (TPSA) is 91.0 Å². The van der Waals surface area contributed by atoms with E-state index in [1.807, 2.05) is 0 Å². The van der Waals surface area contributed by atoms with Gasteiger partial charge in [-0.1, -0.05) is 0 Å². The smallest absolute Gasteiger partial charge is 0.341 e. The number of nitrogens with two attached hydrogens (primary N) is 1. The van der Waals surface area contributed by atoms with Crippen molar-refractivity contribution in [2.45, 2.75) is 6.42 Å². The minimum Gasteiger partial charge on any atom is -0.508 e. The van der Waals surface area contributed by atoms with E-state index in [0.29, 0.717) is 12.0 Å². The first-order valence-corrected chi connectivity index (χ1v) is 4.94. The molecule has 0 bridgehead atoms. The number of methoxy groups -OCH3 is 2. The summed E-state index contributed by atoms with van der Waals surface area (Å²) in [4.78, 5) is 15.9. The van der Waals surface area contributed by atoms with Crippen LogP contribution in [0.25, 0.3) is 0 Å². The Morgan fingerprint density at radius 3 is 2.65 bits per heavy atom. The van der Waals surface area contributed by atoms with Crippen molar-refractivity contribution in [3.8, 4) is 11.5 Å². The number of esters is 1. The van der Waals surface area contributed by atoms with Crippen LogP contribution < -0.4 is 10.6 Å². The molecule has 0 aliphatic heterocycles. The lowest BCUT2D eigenvalue weighted by Gasteiger charge is -2.11. The van der Waals surface area contributed by atoms with E-state index < -0.39 is 5.97 Å². The van der Waals surface area contributed by atoms with Crippen LogP contribution in [0.1, 0.15) is 15.9 Å². The van der Waals surface area contributed by atoms with Crippen LogP contribution in [0.4, 0.5) is 0 Å². The lowest BCUT2D eigenvalue weighted by molar-refractivity contribution is 0.0597. The molecule has 3 N–H and O–H groups in total. The van der Waals surface area contributed by atoms with Gasteiger partial charge in [-0.15, -0.1) is 0 Å². The Morgan fingerprint density at radius 1 is 1.41 bits per heavy atom. The number of hydrogen-bond donors (Lipinski definition) is 2. The molecule has 0 saturated heterocycles. The van der Waals surface area contributed by atoms with Crippen molar-refractivity contribution in [3.05, 3.63) is 23.3 Å². The van der Waals surface area contributed by atoms with Gasteiger partial charge in [-0.2, -0.15) is 0 Å². The average molecular weight is 241 g/mol. The highest BCUT2D eigenvalue weighted by Gasteiger charge is 2.16. The SMILES string of the molecule is COC(=O)c1cc(CCON)c(O)cc1OC. The number of hydrogen-bond acceptors (Lipinski definition) is 6. The molecule has 0 heterocycles. The maximum absolute atomic E-state index is 11.5. The highest BCUT2D eigenvalue weighted by molar-refractivity contribution is 5.93. The van der Waals surface area contributed by atoms with Gasteiger partial charge < -0.3 is 19.4 Å². The number of benzene rings is 1. The van der Waals surface area contributed by atoms with E-state index in [4.69, 9.17) is 10.6 Å². The van der Waals surface area contributed by atoms with Crippen molar-refractivity contribution < 1.29 is 24.2 Å². The van der Waals surface area contributed by atoms with Crippen LogP contribution in [-0.4, -0.2) is 31.9 Å². The minimum absolute atomic E-state index is 0.0200. The molecule has 1 aromatic rings. The number of rotatable bonds is 5. The van der Waals surface area contributed by atoms with E-state index in [0.717, 1.165) is 0 Å². The molecule has 0 unspecified atom stereocenters. The summed E-state index contributed by atoms with van der Waals surface area (Å²) in [6.07, 6.45) is 0.385. The molecule has 0 aliphatic carbocycles. The van der Waals surface area contributed by atoms with E-state index in [-0.39, 0.29) is 23.7 Å². The fourth-order valence-electron chi connectivity index (χ4n) is 1.42. The first kappa shape index (κ1) is 13.3. The zero-order chi connectivity index (χ0) is 12.8. The molecule has 0 fully saturated rings. The fraction of sp³-hybridized carbons (Fsp3) is 0.364. The van der Waals surface area contributed by atoms with Crippen molar-refractivity contribution in [3.63, 3.8) is 0 Å². The molecule has 0 aromatic heterocycles. The van der Waals surface area contributed by atoms with E-state index in [1.165, 1.54) is 26.4 Å². The number of ether oxygens (including phenoxy) is 2. The van der Waals surface area contributed by atoms with Crippen LogP contribution in [0, 0.1) is 0 Å². The van der Waals surface area contributed by atoms with Crippen LogP contribution in [0.3, 0.4) is 0 Å². The van der Waals surface area contributed by atoms with Crippen LogP contribution in [0.5, 0.6) is 11.5 Å². The Hall–Kier alpha value is -1.79. The van der Waals surface area contributed by atoms with Crippen LogP contribution in [-0.2, 0) is 16.0 Å². The van der Waals surface area contributed by atoms with Crippen molar-refractivity contribution in [2.24, 2.45) is 5.90 Å². The first-order chi connectivity index (χ1) is 8.13. The summed E-state index contributed by atoms with van der Waals surface area (Å²) in [6.45, 7) is 0.237. The summed E-state index contributed by atoms with van der Waals surface area (Å²) < 4.78 is 9.61. The molecular formula is C11H15NO5. The Bertz CT molecular complexity index is 405. The van der Waals surface area contributed by atoms with E-state index >= 15 is 0 Å². The van der Waals surface area contributed by atoms with Crippen molar-refractivity contribution in [2.75, 3.05) is 20.8 Å². The molecule has 0 saturated carbocycles. The van der Waals surface area contributed by atoms with E-state index in [1.54, 1.807) is 0 Å². The highest BCUT2D eigenvalue weighted by atomic mass is 16.6. The van der Waals surface area contributed by atoms with Gasteiger partial charge in [-0.05, 0) is 11.6 Å². The zero-order valence-corrected chi connectivity index (χ0v) is 9.73. The standard InChI is InChI=1S/C11H15NO5/c1-15-10-6-9(13)7(3-4-17-12)5-8(10)11(14)16-2/h5-6,13H,3-4,12H2,1-2H3. The quantitative estimate of drug-likeness (QED) is 0.580. The molecular weight excluding hydrogens is 226 g/mol. The number of phenolic OH excluding ortho intramolecular Hbond substituents is 1. The minimum atomic E-state index is -0.531. The molecule has 17 heavy (non-hydrogen) atoms. The Balaban J connectivity index is 3.13. The predicted octanol–water partition coefficient (Wildman–Crippen LogP) is 0.620. The highest BCUT2D eigenvalue weighted by Crippen LogP contribution is 2.29. The largest absolute Gasteiger partial charge is 0.508 e. The average Bonchev–Trinajstić information content (AvgIpc) is 2.35. The third-order valence-electron chi connectivity index (χ3n) is 2.30. The van der Waals surface area contributed by atoms with Gasteiger partial charge >= 0.3 is 5.97 Å². The number of carbonyl (C=O) groups is 1. The first-order valence-electron chi connectivity index (χ1n) is 4.94. The molecule has 6 nitrogen and oxygen atoms in total. The molecule has 0 atom stereocenters. The van der Waals surface area contributed by atoms with Crippen molar-refractivity contribution in [1.82, 2.24) is 0 Å². The fourth-order valence-corrected chi connectivity index (χ4v) is 1.42. The van der Waals surface area contributed by atoms with Gasteiger partial charge in [0.1, 0.15) is 17.1 Å². The summed E-state index contributed by atoms with van der Waals surface area (Å²) in [5.41, 5.74) is 0.788. The van der Waals surface area contributed by atoms with Gasteiger partial charge in [0, 0.05) is 12.5 Å². The van der Waals surface area contributed by atoms with Gasteiger partial charge in [0.2, 0.25) is 0 Å². The van der Waals surface area contributed by atoms with Gasteiger partial charge in [0.05, 0.1) is 20.8 Å². The normalized spacial score (nSPS) is 10.1. The molecule has 1 aromatic carbocycles. The molecule has 6 heteroatoms.